The van der Waals surface area contributed by atoms with Gasteiger partial charge in [-0.25, -0.2) is 4.79 Å². The Labute approximate surface area is 90.3 Å². The van der Waals surface area contributed by atoms with Crippen LogP contribution >= 0.6 is 22.6 Å². The molecule has 0 radical (unpaired) electrons. The van der Waals surface area contributed by atoms with Gasteiger partial charge in [0.15, 0.2) is 0 Å². The number of nitrogens with one attached hydrogen (secondary N) is 1. The van der Waals surface area contributed by atoms with E-state index in [9.17, 15) is 4.79 Å². The van der Waals surface area contributed by atoms with E-state index in [1.807, 2.05) is 30.3 Å². The monoisotopic (exact) mass is 288 g/mol. The summed E-state index contributed by atoms with van der Waals surface area (Å²) in [4.78, 5) is 13.2. The molecule has 0 spiro atoms. The van der Waals surface area contributed by atoms with Gasteiger partial charge in [-0.3, -0.25) is 4.90 Å². The van der Waals surface area contributed by atoms with Crippen molar-refractivity contribution in [3.8, 4) is 0 Å². The summed E-state index contributed by atoms with van der Waals surface area (Å²) in [5.41, 5.74) is 0.955. The van der Waals surface area contributed by atoms with Gasteiger partial charge in [-0.2, -0.15) is 0 Å². The first kappa shape index (κ1) is 8.80. The predicted octanol–water partition coefficient (Wildman–Crippen LogP) is 1.98. The average Bonchev–Trinajstić information content (AvgIpc) is 2.48. The van der Waals surface area contributed by atoms with Gasteiger partial charge in [-0.1, -0.05) is 40.8 Å². The molecule has 1 N–H and O–H groups in total. The molecule has 4 heteroatoms. The van der Waals surface area contributed by atoms with Gasteiger partial charge >= 0.3 is 6.03 Å². The van der Waals surface area contributed by atoms with Crippen molar-refractivity contribution in [3.63, 3.8) is 0 Å². The highest BCUT2D eigenvalue weighted by molar-refractivity contribution is 14.1. The molecule has 1 fully saturated rings. The maximum absolute atomic E-state index is 11.4. The number of rotatable bonds is 1. The summed E-state index contributed by atoms with van der Waals surface area (Å²) in [5.74, 6) is 0. The number of urea groups is 1. The molecular formula is C9H9IN2O. The molecule has 0 aromatic heterocycles. The summed E-state index contributed by atoms with van der Waals surface area (Å²) in [6.07, 6.45) is 0. The van der Waals surface area contributed by atoms with E-state index in [1.165, 1.54) is 0 Å². The first-order chi connectivity index (χ1) is 6.29. The maximum atomic E-state index is 11.4. The summed E-state index contributed by atoms with van der Waals surface area (Å²) in [7, 11) is 0. The second kappa shape index (κ2) is 3.53. The number of anilines is 1. The third kappa shape index (κ3) is 1.63. The Morgan fingerprint density at radius 1 is 1.38 bits per heavy atom. The summed E-state index contributed by atoms with van der Waals surface area (Å²) in [5, 5.41) is 2.80. The molecule has 0 saturated carbocycles. The zero-order chi connectivity index (χ0) is 9.26. The molecule has 1 aliphatic heterocycles. The van der Waals surface area contributed by atoms with Gasteiger partial charge < -0.3 is 5.32 Å². The van der Waals surface area contributed by atoms with E-state index in [-0.39, 0.29) is 10.1 Å². The molecule has 1 unspecified atom stereocenters. The lowest BCUT2D eigenvalue weighted by atomic mass is 10.3. The molecule has 3 nitrogen and oxygen atoms in total. The zero-order valence-electron chi connectivity index (χ0n) is 6.90. The highest BCUT2D eigenvalue weighted by Gasteiger charge is 2.29. The quantitative estimate of drug-likeness (QED) is 0.478. The summed E-state index contributed by atoms with van der Waals surface area (Å²) in [6, 6.07) is 9.69. The van der Waals surface area contributed by atoms with Crippen molar-refractivity contribution in [1.82, 2.24) is 5.32 Å². The Balaban J connectivity index is 2.30. The van der Waals surface area contributed by atoms with Crippen LogP contribution in [-0.2, 0) is 0 Å². The highest BCUT2D eigenvalue weighted by atomic mass is 127. The second-order valence-corrected chi connectivity index (χ2v) is 4.26. The molecule has 68 valence electrons. The number of alkyl halides is 1. The second-order valence-electron chi connectivity index (χ2n) is 2.83. The molecule has 13 heavy (non-hydrogen) atoms. The van der Waals surface area contributed by atoms with Gasteiger partial charge in [-0.05, 0) is 12.1 Å². The lowest BCUT2D eigenvalue weighted by molar-refractivity contribution is 0.252. The summed E-state index contributed by atoms with van der Waals surface area (Å²) < 4.78 is 0.215. The number of para-hydroxylation sites is 1. The molecule has 1 aromatic carbocycles. The fourth-order valence-corrected chi connectivity index (χ4v) is 2.14. The topological polar surface area (TPSA) is 32.3 Å². The van der Waals surface area contributed by atoms with Crippen LogP contribution in [0.15, 0.2) is 30.3 Å². The van der Waals surface area contributed by atoms with E-state index in [2.05, 4.69) is 27.9 Å². The number of nitrogens with zero attached hydrogens (tertiary/aromatic N) is 1. The first-order valence-electron chi connectivity index (χ1n) is 4.05. The predicted molar refractivity (Wildman–Crippen MR) is 60.1 cm³/mol. The van der Waals surface area contributed by atoms with Crippen LogP contribution in [0.3, 0.4) is 0 Å². The Kier molecular flexibility index (Phi) is 2.39. The lowest BCUT2D eigenvalue weighted by Crippen LogP contribution is -2.30. The Morgan fingerprint density at radius 2 is 2.08 bits per heavy atom. The molecule has 2 rings (SSSR count). The molecule has 1 saturated heterocycles. The smallest absolute Gasteiger partial charge is 0.322 e. The molecule has 0 aliphatic carbocycles. The van der Waals surface area contributed by atoms with Crippen molar-refractivity contribution in [2.75, 3.05) is 11.4 Å². The fraction of sp³-hybridized carbons (Fsp3) is 0.222. The molecule has 1 heterocycles. The lowest BCUT2D eigenvalue weighted by Gasteiger charge is -2.17. The normalized spacial score (nSPS) is 21.8. The third-order valence-electron chi connectivity index (χ3n) is 1.96. The van der Waals surface area contributed by atoms with Crippen LogP contribution in [0.1, 0.15) is 0 Å². The minimum absolute atomic E-state index is 0.00870. The highest BCUT2D eigenvalue weighted by Crippen LogP contribution is 2.22. The van der Waals surface area contributed by atoms with Crippen LogP contribution in [0.4, 0.5) is 10.5 Å². The Bertz CT molecular complexity index is 315. The van der Waals surface area contributed by atoms with E-state index < -0.39 is 0 Å². The van der Waals surface area contributed by atoms with Gasteiger partial charge in [0.25, 0.3) is 0 Å². The number of halogens is 1. The SMILES string of the molecule is O=C1NCC(I)N1c1ccccc1. The van der Waals surface area contributed by atoms with Crippen LogP contribution in [0.5, 0.6) is 0 Å². The first-order valence-corrected chi connectivity index (χ1v) is 5.30. The number of carbonyl (C=O) groups is 1. The Morgan fingerprint density at radius 3 is 2.62 bits per heavy atom. The summed E-state index contributed by atoms with van der Waals surface area (Å²) in [6.45, 7) is 0.717. The molecule has 1 aliphatic rings. The van der Waals surface area contributed by atoms with Gasteiger partial charge in [0.2, 0.25) is 0 Å². The zero-order valence-corrected chi connectivity index (χ0v) is 9.06. The number of hydrogen-bond acceptors (Lipinski definition) is 1. The van der Waals surface area contributed by atoms with Gasteiger partial charge in [-0.15, -0.1) is 0 Å². The van der Waals surface area contributed by atoms with E-state index in [0.717, 1.165) is 5.69 Å². The molecule has 2 amide bonds. The van der Waals surface area contributed by atoms with Crippen LogP contribution < -0.4 is 10.2 Å². The van der Waals surface area contributed by atoms with E-state index in [4.69, 9.17) is 0 Å². The van der Waals surface area contributed by atoms with Crippen molar-refractivity contribution in [1.29, 1.82) is 0 Å². The number of hydrogen-bond donors (Lipinski definition) is 1. The minimum Gasteiger partial charge on any atom is -0.335 e. The number of benzene rings is 1. The van der Waals surface area contributed by atoms with Crippen molar-refractivity contribution in [2.45, 2.75) is 4.05 Å². The van der Waals surface area contributed by atoms with Crippen molar-refractivity contribution < 1.29 is 4.79 Å². The van der Waals surface area contributed by atoms with Crippen molar-refractivity contribution in [3.05, 3.63) is 30.3 Å². The van der Waals surface area contributed by atoms with Crippen LogP contribution in [0, 0.1) is 0 Å². The number of carbonyl (C=O) groups excluding carboxylic acids is 1. The maximum Gasteiger partial charge on any atom is 0.322 e. The van der Waals surface area contributed by atoms with E-state index in [0.29, 0.717) is 6.54 Å². The molecule has 0 bridgehead atoms. The molecular weight excluding hydrogens is 279 g/mol. The van der Waals surface area contributed by atoms with Crippen molar-refractivity contribution in [2.24, 2.45) is 0 Å². The molecule has 1 aromatic rings. The van der Waals surface area contributed by atoms with Gasteiger partial charge in [0, 0.05) is 12.2 Å². The Hall–Kier alpha value is -0.780. The van der Waals surface area contributed by atoms with Crippen LogP contribution in [-0.4, -0.2) is 16.6 Å². The van der Waals surface area contributed by atoms with Gasteiger partial charge in [0.1, 0.15) is 4.05 Å². The summed E-state index contributed by atoms with van der Waals surface area (Å²) >= 11 is 2.26. The average molecular weight is 288 g/mol. The third-order valence-corrected chi connectivity index (χ3v) is 2.95. The van der Waals surface area contributed by atoms with Crippen LogP contribution in [0.2, 0.25) is 0 Å². The van der Waals surface area contributed by atoms with Gasteiger partial charge in [0.05, 0.1) is 0 Å². The standard InChI is InChI=1S/C9H9IN2O/c10-8-6-11-9(13)12(8)7-4-2-1-3-5-7/h1-5,8H,6H2,(H,11,13). The fourth-order valence-electron chi connectivity index (χ4n) is 1.34. The van der Waals surface area contributed by atoms with Crippen molar-refractivity contribution >= 4 is 34.3 Å². The van der Waals surface area contributed by atoms with E-state index in [1.54, 1.807) is 4.90 Å². The largest absolute Gasteiger partial charge is 0.335 e. The number of amides is 2. The van der Waals surface area contributed by atoms with E-state index >= 15 is 0 Å². The minimum atomic E-state index is -0.00870. The van der Waals surface area contributed by atoms with Crippen LogP contribution in [0.25, 0.3) is 0 Å². The molecule has 1 atom stereocenters.